The van der Waals surface area contributed by atoms with E-state index in [1.54, 1.807) is 12.1 Å². The van der Waals surface area contributed by atoms with Crippen molar-refractivity contribution in [1.82, 2.24) is 4.72 Å². The van der Waals surface area contributed by atoms with E-state index in [0.717, 1.165) is 18.9 Å². The molecule has 1 rings (SSSR count). The summed E-state index contributed by atoms with van der Waals surface area (Å²) in [5.74, 6) is -1.52. The summed E-state index contributed by atoms with van der Waals surface area (Å²) >= 11 is 0. The van der Waals surface area contributed by atoms with Crippen molar-refractivity contribution in [2.24, 2.45) is 11.5 Å². The van der Waals surface area contributed by atoms with Gasteiger partial charge in [0, 0.05) is 6.92 Å². The van der Waals surface area contributed by atoms with Gasteiger partial charge in [-0.05, 0) is 38.4 Å². The first-order chi connectivity index (χ1) is 11.1. The van der Waals surface area contributed by atoms with Gasteiger partial charge in [-0.3, -0.25) is 9.59 Å². The van der Waals surface area contributed by atoms with Crippen molar-refractivity contribution in [2.45, 2.75) is 44.0 Å². The fourth-order valence-electron chi connectivity index (χ4n) is 1.72. The molecule has 0 saturated carbocycles. The van der Waals surface area contributed by atoms with Crippen LogP contribution in [0.3, 0.4) is 0 Å². The Kier molecular flexibility index (Phi) is 12.5. The number of benzene rings is 1. The van der Waals surface area contributed by atoms with Gasteiger partial charge in [-0.2, -0.15) is 4.72 Å². The molecule has 1 unspecified atom stereocenters. The number of hydrogen-bond donors (Lipinski definition) is 4. The molecule has 0 aliphatic heterocycles. The van der Waals surface area contributed by atoms with E-state index in [4.69, 9.17) is 21.4 Å². The summed E-state index contributed by atoms with van der Waals surface area (Å²) in [5.41, 5.74) is 11.6. The van der Waals surface area contributed by atoms with E-state index in [-0.39, 0.29) is 10.4 Å². The van der Waals surface area contributed by atoms with Gasteiger partial charge < -0.3 is 22.1 Å². The van der Waals surface area contributed by atoms with Gasteiger partial charge in [-0.1, -0.05) is 24.1 Å². The number of carboxylic acid groups (broad SMARTS) is 1. The molecular formula is C15H27N3O6S. The van der Waals surface area contributed by atoms with Crippen molar-refractivity contribution in [3.63, 3.8) is 0 Å². The lowest BCUT2D eigenvalue weighted by Gasteiger charge is -2.15. The SMILES string of the molecule is CC(=O)O.Cc1ccc(S(=O)(=O)NC(CCCCN)C(N)=O)cc1.O. The molecule has 1 amide bonds. The summed E-state index contributed by atoms with van der Waals surface area (Å²) in [6, 6.07) is 5.48. The zero-order chi connectivity index (χ0) is 18.8. The van der Waals surface area contributed by atoms with E-state index >= 15 is 0 Å². The van der Waals surface area contributed by atoms with Crippen LogP contribution in [0.1, 0.15) is 31.7 Å². The molecule has 0 bridgehead atoms. The van der Waals surface area contributed by atoms with Gasteiger partial charge in [-0.15, -0.1) is 0 Å². The first-order valence-electron chi connectivity index (χ1n) is 7.38. The Morgan fingerprint density at radius 3 is 2.08 bits per heavy atom. The third-order valence-corrected chi connectivity index (χ3v) is 4.41. The van der Waals surface area contributed by atoms with Crippen LogP contribution < -0.4 is 16.2 Å². The second-order valence-electron chi connectivity index (χ2n) is 5.19. The normalized spacial score (nSPS) is 11.5. The zero-order valence-corrected chi connectivity index (χ0v) is 15.2. The number of sulfonamides is 1. The smallest absolute Gasteiger partial charge is 0.300 e. The highest BCUT2D eigenvalue weighted by molar-refractivity contribution is 7.89. The Bertz CT molecular complexity index is 627. The number of amides is 1. The summed E-state index contributed by atoms with van der Waals surface area (Å²) in [4.78, 5) is 20.4. The Morgan fingerprint density at radius 1 is 1.20 bits per heavy atom. The molecule has 0 aliphatic carbocycles. The Morgan fingerprint density at radius 2 is 1.68 bits per heavy atom. The minimum absolute atomic E-state index is 0. The first kappa shape index (κ1) is 25.2. The average molecular weight is 377 g/mol. The maximum Gasteiger partial charge on any atom is 0.300 e. The molecular weight excluding hydrogens is 350 g/mol. The molecule has 9 nitrogen and oxygen atoms in total. The van der Waals surface area contributed by atoms with E-state index in [0.29, 0.717) is 19.4 Å². The molecule has 0 spiro atoms. The predicted molar refractivity (Wildman–Crippen MR) is 94.3 cm³/mol. The third-order valence-electron chi connectivity index (χ3n) is 2.92. The second-order valence-corrected chi connectivity index (χ2v) is 6.91. The Balaban J connectivity index is 0. The monoisotopic (exact) mass is 377 g/mol. The molecule has 0 heterocycles. The molecule has 0 fully saturated rings. The minimum atomic E-state index is -3.74. The molecule has 144 valence electrons. The largest absolute Gasteiger partial charge is 0.481 e. The van der Waals surface area contributed by atoms with Crippen LogP contribution >= 0.6 is 0 Å². The van der Waals surface area contributed by atoms with Gasteiger partial charge in [0.2, 0.25) is 15.9 Å². The molecule has 10 heteroatoms. The van der Waals surface area contributed by atoms with Gasteiger partial charge in [0.15, 0.2) is 0 Å². The van der Waals surface area contributed by atoms with Crippen molar-refractivity contribution in [3.05, 3.63) is 29.8 Å². The number of carbonyl (C=O) groups excluding carboxylic acids is 1. The van der Waals surface area contributed by atoms with E-state index in [1.807, 2.05) is 6.92 Å². The summed E-state index contributed by atoms with van der Waals surface area (Å²) in [6.07, 6.45) is 1.70. The van der Waals surface area contributed by atoms with Gasteiger partial charge in [0.25, 0.3) is 5.97 Å². The van der Waals surface area contributed by atoms with E-state index in [2.05, 4.69) is 4.72 Å². The number of unbranched alkanes of at least 4 members (excludes halogenated alkanes) is 1. The van der Waals surface area contributed by atoms with Crippen LogP contribution in [0, 0.1) is 6.92 Å². The highest BCUT2D eigenvalue weighted by Crippen LogP contribution is 2.12. The number of aliphatic carboxylic acids is 1. The molecule has 1 aromatic rings. The van der Waals surface area contributed by atoms with Crippen LogP contribution in [0.15, 0.2) is 29.2 Å². The fraction of sp³-hybridized carbons (Fsp3) is 0.467. The predicted octanol–water partition coefficient (Wildman–Crippen LogP) is -0.478. The molecule has 1 atom stereocenters. The van der Waals surface area contributed by atoms with Crippen molar-refractivity contribution >= 4 is 21.9 Å². The number of carbonyl (C=O) groups is 2. The van der Waals surface area contributed by atoms with E-state index in [9.17, 15) is 13.2 Å². The van der Waals surface area contributed by atoms with Crippen molar-refractivity contribution in [2.75, 3.05) is 6.54 Å². The summed E-state index contributed by atoms with van der Waals surface area (Å²) < 4.78 is 26.6. The maximum atomic E-state index is 12.1. The van der Waals surface area contributed by atoms with Crippen LogP contribution in [0.2, 0.25) is 0 Å². The van der Waals surface area contributed by atoms with Crippen LogP contribution in [-0.2, 0) is 19.6 Å². The second kappa shape index (κ2) is 12.4. The molecule has 0 aliphatic rings. The lowest BCUT2D eigenvalue weighted by Crippen LogP contribution is -2.44. The quantitative estimate of drug-likeness (QED) is 0.443. The highest BCUT2D eigenvalue weighted by Gasteiger charge is 2.23. The Labute approximate surface area is 147 Å². The number of primary amides is 1. The maximum absolute atomic E-state index is 12.1. The van der Waals surface area contributed by atoms with Crippen molar-refractivity contribution in [3.8, 4) is 0 Å². The summed E-state index contributed by atoms with van der Waals surface area (Å²) in [5, 5.41) is 7.42. The lowest BCUT2D eigenvalue weighted by atomic mass is 10.1. The minimum Gasteiger partial charge on any atom is -0.481 e. The standard InChI is InChI=1S/C13H21N3O3S.C2H4O2.H2O/c1-10-5-7-11(8-6-10)20(18,19)16-12(13(15)17)4-2-3-9-14;1-2(3)4;/h5-8,12,16H,2-4,9,14H2,1H3,(H2,15,17);1H3,(H,3,4);1H2. The van der Waals surface area contributed by atoms with E-state index in [1.165, 1.54) is 12.1 Å². The summed E-state index contributed by atoms with van der Waals surface area (Å²) in [6.45, 7) is 3.44. The van der Waals surface area contributed by atoms with Crippen LogP contribution in [-0.4, -0.2) is 43.5 Å². The van der Waals surface area contributed by atoms with Gasteiger partial charge in [0.1, 0.15) is 6.04 Å². The van der Waals surface area contributed by atoms with Crippen LogP contribution in [0.5, 0.6) is 0 Å². The third kappa shape index (κ3) is 11.2. The zero-order valence-electron chi connectivity index (χ0n) is 14.4. The number of rotatable bonds is 8. The lowest BCUT2D eigenvalue weighted by molar-refractivity contribution is -0.134. The number of nitrogens with one attached hydrogen (secondary N) is 1. The Hall–Kier alpha value is -2.01. The van der Waals surface area contributed by atoms with Crippen molar-refractivity contribution in [1.29, 1.82) is 0 Å². The molecule has 0 radical (unpaired) electrons. The van der Waals surface area contributed by atoms with Crippen LogP contribution in [0.25, 0.3) is 0 Å². The van der Waals surface area contributed by atoms with Gasteiger partial charge >= 0.3 is 0 Å². The topological polar surface area (TPSA) is 184 Å². The van der Waals surface area contributed by atoms with Crippen molar-refractivity contribution < 1.29 is 28.6 Å². The first-order valence-corrected chi connectivity index (χ1v) is 8.86. The summed E-state index contributed by atoms with van der Waals surface area (Å²) in [7, 11) is -3.74. The average Bonchev–Trinajstić information content (AvgIpc) is 2.46. The molecule has 25 heavy (non-hydrogen) atoms. The number of aryl methyl sites for hydroxylation is 1. The number of carboxylic acids is 1. The highest BCUT2D eigenvalue weighted by atomic mass is 32.2. The number of hydrogen-bond acceptors (Lipinski definition) is 5. The van der Waals surface area contributed by atoms with Crippen LogP contribution in [0.4, 0.5) is 0 Å². The molecule has 1 aromatic carbocycles. The van der Waals surface area contributed by atoms with Gasteiger partial charge in [0.05, 0.1) is 4.90 Å². The molecule has 8 N–H and O–H groups in total. The fourth-order valence-corrected chi connectivity index (χ4v) is 2.96. The van der Waals surface area contributed by atoms with E-state index < -0.39 is 27.9 Å². The number of nitrogens with two attached hydrogens (primary N) is 2. The van der Waals surface area contributed by atoms with Gasteiger partial charge in [-0.25, -0.2) is 8.42 Å². The molecule has 0 aromatic heterocycles. The molecule has 0 saturated heterocycles.